The second-order valence-corrected chi connectivity index (χ2v) is 9.11. The van der Waals surface area contributed by atoms with E-state index in [0.29, 0.717) is 18.4 Å². The summed E-state index contributed by atoms with van der Waals surface area (Å²) in [6, 6.07) is 1.78. The Morgan fingerprint density at radius 1 is 1.16 bits per heavy atom. The third-order valence-corrected chi connectivity index (χ3v) is 6.03. The van der Waals surface area contributed by atoms with Crippen LogP contribution in [0.15, 0.2) is 23.1 Å². The third kappa shape index (κ3) is 12.9. The van der Waals surface area contributed by atoms with E-state index in [9.17, 15) is 28.8 Å². The molecular weight excluding hydrogens is 738 g/mol. The van der Waals surface area contributed by atoms with Crippen LogP contribution in [0.2, 0.25) is 0 Å². The normalized spacial score (nSPS) is 17.0. The molecule has 1 aliphatic rings. The van der Waals surface area contributed by atoms with Gasteiger partial charge in [-0.2, -0.15) is 12.3 Å². The van der Waals surface area contributed by atoms with Crippen molar-refractivity contribution >= 4 is 35.1 Å². The van der Waals surface area contributed by atoms with Crippen LogP contribution in [0.5, 0.6) is 0 Å². The molecule has 0 saturated heterocycles. The molecule has 38 heavy (non-hydrogen) atoms. The molecule has 1 aliphatic carbocycles. The molecule has 2 rings (SSSR count). The fourth-order valence-electron chi connectivity index (χ4n) is 3.95. The smallest absolute Gasteiger partial charge is 0.354 e. The summed E-state index contributed by atoms with van der Waals surface area (Å²) >= 11 is 0. The molecule has 11 nitrogen and oxygen atoms in total. The Morgan fingerprint density at radius 2 is 1.87 bits per heavy atom. The Morgan fingerprint density at radius 3 is 2.47 bits per heavy atom. The molecule has 0 spiro atoms. The second-order valence-electron chi connectivity index (χ2n) is 9.11. The van der Waals surface area contributed by atoms with Crippen molar-refractivity contribution in [3.8, 4) is 0 Å². The summed E-state index contributed by atoms with van der Waals surface area (Å²) in [6.45, 7) is 5.69. The fraction of sp³-hybridized carbons (Fsp3) is 0.560. The molecule has 0 aromatic carbocycles. The first kappa shape index (κ1) is 37.0. The monoisotopic (exact) mass is 774 g/mol. The van der Waals surface area contributed by atoms with Crippen LogP contribution in [0.3, 0.4) is 0 Å². The van der Waals surface area contributed by atoms with E-state index in [1.54, 1.807) is 6.92 Å². The van der Waals surface area contributed by atoms with E-state index in [1.807, 2.05) is 0 Å². The first-order valence-corrected chi connectivity index (χ1v) is 12.3. The number of hydrogen-bond acceptors (Lipinski definition) is 6. The Kier molecular flexibility index (Phi) is 18.6. The summed E-state index contributed by atoms with van der Waals surface area (Å²) in [4.78, 5) is 73.1. The van der Waals surface area contributed by atoms with E-state index in [-0.39, 0.29) is 116 Å². The van der Waals surface area contributed by atoms with E-state index in [0.717, 1.165) is 19.3 Å². The first-order chi connectivity index (χ1) is 17.1. The van der Waals surface area contributed by atoms with Crippen molar-refractivity contribution in [3.05, 3.63) is 35.1 Å². The third-order valence-electron chi connectivity index (χ3n) is 6.03. The molecule has 1 heterocycles. The van der Waals surface area contributed by atoms with E-state index in [1.165, 1.54) is 29.8 Å². The minimum absolute atomic E-state index is 0. The van der Waals surface area contributed by atoms with Crippen molar-refractivity contribution in [3.63, 3.8) is 0 Å². The predicted molar refractivity (Wildman–Crippen MR) is 134 cm³/mol. The van der Waals surface area contributed by atoms with Crippen LogP contribution in [0, 0.1) is 18.3 Å². The summed E-state index contributed by atoms with van der Waals surface area (Å²) in [6.07, 6.45) is 6.42. The number of rotatable bonds is 12. The van der Waals surface area contributed by atoms with E-state index in [4.69, 9.17) is 0 Å². The Labute approximate surface area is 285 Å². The number of pyridine rings is 1. The molecule has 13 heteroatoms. The fourth-order valence-corrected chi connectivity index (χ4v) is 3.95. The molecule has 1 aromatic heterocycles. The minimum Gasteiger partial charge on any atom is -0.354 e. The topological polar surface area (TPSA) is 155 Å². The van der Waals surface area contributed by atoms with Gasteiger partial charge >= 0.3 is 58.2 Å². The summed E-state index contributed by atoms with van der Waals surface area (Å²) < 4.78 is 1.19. The molecule has 205 valence electrons. The van der Waals surface area contributed by atoms with Crippen LogP contribution in [0.1, 0.15) is 52.9 Å². The predicted octanol–water partition coefficient (Wildman–Crippen LogP) is -2.46. The zero-order valence-electron chi connectivity index (χ0n) is 22.5. The Bertz CT molecular complexity index is 1030. The van der Waals surface area contributed by atoms with Gasteiger partial charge < -0.3 is 32.3 Å². The summed E-state index contributed by atoms with van der Waals surface area (Å²) in [7, 11) is 0. The number of nitrogens with zero attached hydrogens (tertiary/aromatic N) is 1. The van der Waals surface area contributed by atoms with Crippen molar-refractivity contribution in [2.45, 2.75) is 65.5 Å². The molecule has 0 aliphatic heterocycles. The number of likely N-dealkylation sites (N-methyl/N-ethyl adjacent to an activating group) is 1. The van der Waals surface area contributed by atoms with Gasteiger partial charge in [0.25, 0.3) is 11.5 Å². The van der Waals surface area contributed by atoms with Gasteiger partial charge in [0.2, 0.25) is 23.5 Å². The largest absolute Gasteiger partial charge is 1.00 e. The molecule has 3 atom stereocenters. The summed E-state index contributed by atoms with van der Waals surface area (Å²) in [5.41, 5.74) is -0.655. The molecule has 0 bridgehead atoms. The zero-order valence-corrected chi connectivity index (χ0v) is 30.1. The maximum Gasteiger partial charge on any atom is 1.00 e. The van der Waals surface area contributed by atoms with Gasteiger partial charge in [0.15, 0.2) is 0 Å². The maximum absolute atomic E-state index is 12.8. The van der Waals surface area contributed by atoms with Crippen LogP contribution in [0.25, 0.3) is 0 Å². The average molecular weight is 774 g/mol. The van der Waals surface area contributed by atoms with Gasteiger partial charge in [-0.3, -0.25) is 28.8 Å². The Hall–Kier alpha value is -1.03. The summed E-state index contributed by atoms with van der Waals surface area (Å²) in [5.74, 6) is -2.02. The molecule has 4 N–H and O–H groups in total. The van der Waals surface area contributed by atoms with Gasteiger partial charge in [0.1, 0.15) is 18.3 Å². The average Bonchev–Trinajstić information content (AvgIpc) is 2.83. The number of aromatic nitrogens is 1. The quantitative estimate of drug-likeness (QED) is 0.137. The molecule has 4 amide bonds. The number of carbonyl (C=O) groups excluding carboxylic acids is 5. The second kappa shape index (κ2) is 19.1. The van der Waals surface area contributed by atoms with Crippen LogP contribution in [-0.4, -0.2) is 53.1 Å². The first-order valence-electron chi connectivity index (χ1n) is 12.3. The van der Waals surface area contributed by atoms with Gasteiger partial charge in [-0.05, 0) is 25.5 Å². The van der Waals surface area contributed by atoms with E-state index >= 15 is 0 Å². The number of hydrogen-bond donors (Lipinski definition) is 4. The van der Waals surface area contributed by atoms with Crippen LogP contribution in [-0.2, 0) is 50.9 Å². The van der Waals surface area contributed by atoms with E-state index in [2.05, 4.69) is 34.6 Å². The standard InChI is InChI=1S/C25H36N5O6.Rb.Re/c1-4-26-24(35)21(32)12-11-19(28-17(3)31)23(34)29-20-6-5-13-30(25(20)36)15-22(33)27-14-18-9-7-16(2)8-10-18;;/h5-7,13,16,18-19H,4,8-12,14-15H2,1-3H3,(H,26,35)(H,27,33)(H,28,31)(H,29,34);;/q-1;+1;/t16-,18+,19?;;/m1../s1. The SMILES string of the molecule is CCNC(=O)C(=O)CCC(NC(C)=O)C(=O)Nc1cccn(CC(=O)NC[C@H]2C[CH-][C@@H](C)CC2)c1=O.[Rb+].[Re]. The van der Waals surface area contributed by atoms with Gasteiger partial charge in [-0.15, -0.1) is 0 Å². The van der Waals surface area contributed by atoms with Gasteiger partial charge in [0.05, 0.1) is 0 Å². The van der Waals surface area contributed by atoms with Crippen LogP contribution in [0.4, 0.5) is 5.69 Å². The minimum atomic E-state index is -1.13. The molecule has 1 fully saturated rings. The Balaban J connectivity index is 0.00000684. The number of carbonyl (C=O) groups is 5. The van der Waals surface area contributed by atoms with Crippen molar-refractivity contribution in [2.24, 2.45) is 11.8 Å². The van der Waals surface area contributed by atoms with Crippen LogP contribution < -0.4 is 85.0 Å². The van der Waals surface area contributed by atoms with Crippen molar-refractivity contribution in [1.82, 2.24) is 20.5 Å². The number of ketones is 1. The van der Waals surface area contributed by atoms with Crippen molar-refractivity contribution in [2.75, 3.05) is 18.4 Å². The molecule has 1 unspecified atom stereocenters. The molecular formula is C25H36N5O6RbRe. The molecule has 1 aromatic rings. The number of nitrogens with one attached hydrogen (secondary N) is 4. The maximum atomic E-state index is 12.8. The summed E-state index contributed by atoms with van der Waals surface area (Å²) in [5, 5.41) is 10.1. The van der Waals surface area contributed by atoms with Gasteiger partial charge in [-0.25, -0.2) is 0 Å². The number of Topliss-reactive ketones (excluding diaryl/α,β-unsaturated/α-hetero) is 1. The van der Waals surface area contributed by atoms with Crippen molar-refractivity contribution < 1.29 is 103 Å². The number of anilines is 1. The zero-order chi connectivity index (χ0) is 26.7. The number of amides is 4. The van der Waals surface area contributed by atoms with Gasteiger partial charge in [-0.1, -0.05) is 25.7 Å². The molecule has 1 saturated carbocycles. The van der Waals surface area contributed by atoms with Crippen molar-refractivity contribution in [1.29, 1.82) is 0 Å². The van der Waals surface area contributed by atoms with Crippen LogP contribution >= 0.6 is 0 Å². The van der Waals surface area contributed by atoms with E-state index < -0.39 is 35.1 Å². The van der Waals surface area contributed by atoms with Gasteiger partial charge in [0, 0.05) is 53.1 Å². The molecule has 1 radical (unpaired) electrons.